The first-order valence-electron chi connectivity index (χ1n) is 10.5. The maximum absolute atomic E-state index is 12.8. The third-order valence-electron chi connectivity index (χ3n) is 6.53. The minimum atomic E-state index is -0.219. The molecule has 3 fully saturated rings. The van der Waals surface area contributed by atoms with Gasteiger partial charge in [0, 0.05) is 24.0 Å². The van der Waals surface area contributed by atoms with Gasteiger partial charge in [-0.05, 0) is 57.7 Å². The molecule has 1 aromatic heterocycles. The van der Waals surface area contributed by atoms with Crippen molar-refractivity contribution in [2.75, 3.05) is 12.4 Å². The normalized spacial score (nSPS) is 26.9. The van der Waals surface area contributed by atoms with Crippen LogP contribution in [0.2, 0.25) is 5.02 Å². The lowest BCUT2D eigenvalue weighted by atomic mass is 9.82. The van der Waals surface area contributed by atoms with E-state index in [4.69, 9.17) is 16.1 Å². The number of piperidine rings is 2. The Balaban J connectivity index is 1.30. The van der Waals surface area contributed by atoms with E-state index >= 15 is 0 Å². The van der Waals surface area contributed by atoms with Crippen LogP contribution in [-0.2, 0) is 0 Å². The fourth-order valence-electron chi connectivity index (χ4n) is 4.77. The molecule has 2 aliphatic heterocycles. The largest absolute Gasteiger partial charge is 0.335 e. The fraction of sp³-hybridized carbons (Fsp3) is 0.571. The van der Waals surface area contributed by atoms with Gasteiger partial charge in [0.25, 0.3) is 5.89 Å². The number of amides is 2. The van der Waals surface area contributed by atoms with E-state index in [2.05, 4.69) is 32.7 Å². The average Bonchev–Trinajstić information content (AvgIpc) is 3.41. The Kier molecular flexibility index (Phi) is 4.95. The van der Waals surface area contributed by atoms with E-state index in [-0.39, 0.29) is 12.1 Å². The second-order valence-electron chi connectivity index (χ2n) is 8.57. The molecule has 5 rings (SSSR count). The highest BCUT2D eigenvalue weighted by molar-refractivity contribution is 6.34. The number of carbonyl (C=O) groups is 1. The van der Waals surface area contributed by atoms with Crippen molar-refractivity contribution in [2.24, 2.45) is 0 Å². The third kappa shape index (κ3) is 3.85. The van der Waals surface area contributed by atoms with E-state index in [9.17, 15) is 4.79 Å². The van der Waals surface area contributed by atoms with Crippen molar-refractivity contribution >= 4 is 23.3 Å². The second kappa shape index (κ2) is 7.61. The van der Waals surface area contributed by atoms with Crippen LogP contribution in [0.1, 0.15) is 56.7 Å². The lowest BCUT2D eigenvalue weighted by Gasteiger charge is -2.47. The molecule has 3 heterocycles. The van der Waals surface area contributed by atoms with Crippen LogP contribution in [0.3, 0.4) is 0 Å². The zero-order valence-electron chi connectivity index (χ0n) is 16.5. The SMILES string of the molecule is CN1[C@@H]2CCC[C@H]1C[C@@H](NC(=O)Nc1cccc(Cl)c1-c1nc(C3CC3)no1)C2. The number of urea groups is 1. The Morgan fingerprint density at radius 1 is 1.21 bits per heavy atom. The molecule has 1 aromatic carbocycles. The Morgan fingerprint density at radius 3 is 2.69 bits per heavy atom. The number of nitrogens with one attached hydrogen (secondary N) is 2. The quantitative estimate of drug-likeness (QED) is 0.773. The van der Waals surface area contributed by atoms with E-state index < -0.39 is 0 Å². The number of rotatable bonds is 4. The van der Waals surface area contributed by atoms with Crippen LogP contribution >= 0.6 is 11.6 Å². The lowest BCUT2D eigenvalue weighted by Crippen LogP contribution is -2.55. The summed E-state index contributed by atoms with van der Waals surface area (Å²) in [4.78, 5) is 19.7. The van der Waals surface area contributed by atoms with Crippen molar-refractivity contribution in [2.45, 2.75) is 69.0 Å². The Morgan fingerprint density at radius 2 is 1.97 bits per heavy atom. The molecule has 7 nitrogen and oxygen atoms in total. The van der Waals surface area contributed by atoms with Crippen LogP contribution < -0.4 is 10.6 Å². The number of benzene rings is 1. The number of hydrogen-bond acceptors (Lipinski definition) is 5. The van der Waals surface area contributed by atoms with Gasteiger partial charge >= 0.3 is 6.03 Å². The first-order chi connectivity index (χ1) is 14.1. The molecule has 3 aliphatic rings. The summed E-state index contributed by atoms with van der Waals surface area (Å²) < 4.78 is 5.44. The number of hydrogen-bond donors (Lipinski definition) is 2. The van der Waals surface area contributed by atoms with Gasteiger partial charge in [0.15, 0.2) is 5.82 Å². The number of anilines is 1. The molecule has 8 heteroatoms. The first kappa shape index (κ1) is 18.9. The number of nitrogens with zero attached hydrogens (tertiary/aromatic N) is 3. The summed E-state index contributed by atoms with van der Waals surface area (Å²) in [6, 6.07) is 6.48. The van der Waals surface area contributed by atoms with Gasteiger partial charge in [-0.3, -0.25) is 0 Å². The van der Waals surface area contributed by atoms with Crippen molar-refractivity contribution < 1.29 is 9.32 Å². The third-order valence-corrected chi connectivity index (χ3v) is 6.85. The monoisotopic (exact) mass is 415 g/mol. The highest BCUT2D eigenvalue weighted by Crippen LogP contribution is 2.40. The van der Waals surface area contributed by atoms with Crippen molar-refractivity contribution in [1.82, 2.24) is 20.4 Å². The first-order valence-corrected chi connectivity index (χ1v) is 10.9. The zero-order valence-corrected chi connectivity index (χ0v) is 17.3. The van der Waals surface area contributed by atoms with Crippen molar-refractivity contribution in [1.29, 1.82) is 0 Å². The minimum absolute atomic E-state index is 0.189. The summed E-state index contributed by atoms with van der Waals surface area (Å²) in [5.74, 6) is 1.45. The molecule has 154 valence electrons. The van der Waals surface area contributed by atoms with Gasteiger partial charge in [-0.25, -0.2) is 4.79 Å². The van der Waals surface area contributed by atoms with Gasteiger partial charge < -0.3 is 20.1 Å². The van der Waals surface area contributed by atoms with Crippen LogP contribution in [0.15, 0.2) is 22.7 Å². The van der Waals surface area contributed by atoms with Gasteiger partial charge in [0.1, 0.15) is 0 Å². The van der Waals surface area contributed by atoms with Crippen LogP contribution in [-0.4, -0.2) is 46.2 Å². The molecule has 0 spiro atoms. The molecule has 1 aliphatic carbocycles. The summed E-state index contributed by atoms with van der Waals surface area (Å²) in [5, 5.41) is 10.7. The van der Waals surface area contributed by atoms with E-state index in [1.807, 2.05) is 6.07 Å². The summed E-state index contributed by atoms with van der Waals surface area (Å²) in [6.07, 6.45) is 7.89. The fourth-order valence-corrected chi connectivity index (χ4v) is 5.02. The van der Waals surface area contributed by atoms with Gasteiger partial charge in [-0.1, -0.05) is 29.2 Å². The zero-order chi connectivity index (χ0) is 20.0. The predicted molar refractivity (Wildman–Crippen MR) is 111 cm³/mol. The Labute approximate surface area is 175 Å². The van der Waals surface area contributed by atoms with E-state index in [1.54, 1.807) is 12.1 Å². The molecule has 2 amide bonds. The molecule has 2 bridgehead atoms. The second-order valence-corrected chi connectivity index (χ2v) is 8.97. The molecule has 3 atom stereocenters. The highest BCUT2D eigenvalue weighted by Gasteiger charge is 2.36. The smallest absolute Gasteiger partial charge is 0.319 e. The van der Waals surface area contributed by atoms with Crippen LogP contribution in [0.5, 0.6) is 0 Å². The maximum Gasteiger partial charge on any atom is 0.319 e. The number of carbonyl (C=O) groups excluding carboxylic acids is 1. The van der Waals surface area contributed by atoms with Crippen molar-refractivity contribution in [3.05, 3.63) is 29.0 Å². The minimum Gasteiger partial charge on any atom is -0.335 e. The Bertz CT molecular complexity index is 898. The van der Waals surface area contributed by atoms with Crippen LogP contribution in [0.4, 0.5) is 10.5 Å². The lowest BCUT2D eigenvalue weighted by molar-refractivity contribution is 0.0513. The van der Waals surface area contributed by atoms with Crippen LogP contribution in [0, 0.1) is 0 Å². The maximum atomic E-state index is 12.8. The molecular weight excluding hydrogens is 390 g/mol. The number of aromatic nitrogens is 2. The molecule has 2 N–H and O–H groups in total. The summed E-state index contributed by atoms with van der Waals surface area (Å²) in [5.41, 5.74) is 1.15. The average molecular weight is 416 g/mol. The van der Waals surface area contributed by atoms with E-state index in [1.165, 1.54) is 19.3 Å². The molecule has 1 saturated carbocycles. The van der Waals surface area contributed by atoms with E-state index in [0.717, 1.165) is 25.7 Å². The van der Waals surface area contributed by atoms with Crippen molar-refractivity contribution in [3.8, 4) is 11.5 Å². The van der Waals surface area contributed by atoms with Gasteiger partial charge in [0.05, 0.1) is 16.3 Å². The summed E-state index contributed by atoms with van der Waals surface area (Å²) in [6.45, 7) is 0. The number of halogens is 1. The highest BCUT2D eigenvalue weighted by atomic mass is 35.5. The standard InChI is InChI=1S/C21H26ClN5O2/c1-27-14-4-2-5-15(27)11-13(10-14)23-21(28)24-17-7-3-6-16(22)18(17)20-25-19(26-29-20)12-8-9-12/h3,6-7,12-15H,2,4-5,8-11H2,1H3,(H2,23,24,28)/t13-,14+,15-. The summed E-state index contributed by atoms with van der Waals surface area (Å²) >= 11 is 6.42. The molecule has 0 radical (unpaired) electrons. The number of fused-ring (bicyclic) bond motifs is 2. The van der Waals surface area contributed by atoms with Crippen molar-refractivity contribution in [3.63, 3.8) is 0 Å². The van der Waals surface area contributed by atoms with E-state index in [0.29, 0.717) is 46.0 Å². The Hall–Kier alpha value is -2.12. The predicted octanol–water partition coefficient (Wildman–Crippen LogP) is 4.40. The van der Waals surface area contributed by atoms with Gasteiger partial charge in [0.2, 0.25) is 0 Å². The topological polar surface area (TPSA) is 83.3 Å². The van der Waals surface area contributed by atoms with Gasteiger partial charge in [-0.2, -0.15) is 4.98 Å². The van der Waals surface area contributed by atoms with Crippen LogP contribution in [0.25, 0.3) is 11.5 Å². The van der Waals surface area contributed by atoms with Gasteiger partial charge in [-0.15, -0.1) is 0 Å². The molecule has 2 saturated heterocycles. The molecule has 2 aromatic rings. The summed E-state index contributed by atoms with van der Waals surface area (Å²) in [7, 11) is 2.21. The molecule has 29 heavy (non-hydrogen) atoms. The molecule has 0 unspecified atom stereocenters. The molecular formula is C21H26ClN5O2.